The Kier molecular flexibility index (Phi) is 4.51. The molecule has 1 saturated heterocycles. The summed E-state index contributed by atoms with van der Waals surface area (Å²) in [4.78, 5) is 21.0. The number of anilines is 1. The molecule has 2 aromatic carbocycles. The van der Waals surface area contributed by atoms with Crippen LogP contribution >= 0.6 is 0 Å². The van der Waals surface area contributed by atoms with Crippen molar-refractivity contribution in [1.29, 1.82) is 0 Å². The molecule has 0 saturated carbocycles. The third-order valence-corrected chi connectivity index (χ3v) is 5.37. The largest absolute Gasteiger partial charge is 0.369 e. The van der Waals surface area contributed by atoms with Gasteiger partial charge in [0.25, 0.3) is 0 Å². The third-order valence-electron chi connectivity index (χ3n) is 5.37. The number of aromatic amines is 1. The highest BCUT2D eigenvalue weighted by atomic mass is 16.1. The second-order valence-corrected chi connectivity index (χ2v) is 7.14. The van der Waals surface area contributed by atoms with Gasteiger partial charge in [-0.05, 0) is 31.5 Å². The first-order valence-electron chi connectivity index (χ1n) is 9.27. The van der Waals surface area contributed by atoms with E-state index in [1.807, 2.05) is 31.2 Å². The molecule has 0 radical (unpaired) electrons. The van der Waals surface area contributed by atoms with Gasteiger partial charge in [-0.2, -0.15) is 0 Å². The van der Waals surface area contributed by atoms with Crippen molar-refractivity contribution in [2.24, 2.45) is 0 Å². The fourth-order valence-corrected chi connectivity index (χ4v) is 3.98. The van der Waals surface area contributed by atoms with E-state index in [2.05, 4.69) is 46.0 Å². The molecule has 1 N–H and O–H groups in total. The number of Topliss-reactive ketones (excluding diaryl/α,β-unsaturated/α-hetero) is 1. The zero-order valence-corrected chi connectivity index (χ0v) is 15.5. The number of benzene rings is 2. The number of nitrogens with zero attached hydrogens (tertiary/aromatic N) is 2. The van der Waals surface area contributed by atoms with E-state index in [-0.39, 0.29) is 5.78 Å². The molecule has 26 heavy (non-hydrogen) atoms. The van der Waals surface area contributed by atoms with Crippen LogP contribution in [-0.4, -0.2) is 48.4 Å². The first-order valence-corrected chi connectivity index (χ1v) is 9.27. The Morgan fingerprint density at radius 1 is 0.962 bits per heavy atom. The van der Waals surface area contributed by atoms with Gasteiger partial charge in [0, 0.05) is 54.0 Å². The van der Waals surface area contributed by atoms with Crippen molar-refractivity contribution in [1.82, 2.24) is 9.88 Å². The molecule has 1 fully saturated rings. The van der Waals surface area contributed by atoms with Crippen molar-refractivity contribution >= 4 is 22.4 Å². The quantitative estimate of drug-likeness (QED) is 0.730. The van der Waals surface area contributed by atoms with Crippen LogP contribution in [-0.2, 0) is 0 Å². The Hall–Kier alpha value is -2.59. The average molecular weight is 347 g/mol. The van der Waals surface area contributed by atoms with Gasteiger partial charge in [0.2, 0.25) is 0 Å². The van der Waals surface area contributed by atoms with Gasteiger partial charge in [-0.25, -0.2) is 0 Å². The van der Waals surface area contributed by atoms with E-state index in [1.165, 1.54) is 11.3 Å². The maximum Gasteiger partial charge on any atom is 0.179 e. The maximum atomic E-state index is 12.9. The Morgan fingerprint density at radius 2 is 1.65 bits per heavy atom. The van der Waals surface area contributed by atoms with Gasteiger partial charge in [-0.15, -0.1) is 0 Å². The second kappa shape index (κ2) is 6.96. The summed E-state index contributed by atoms with van der Waals surface area (Å²) in [7, 11) is 0. The third kappa shape index (κ3) is 3.13. The highest BCUT2D eigenvalue weighted by Crippen LogP contribution is 2.24. The summed E-state index contributed by atoms with van der Waals surface area (Å²) in [6.07, 6.45) is 0. The minimum absolute atomic E-state index is 0.212. The molecule has 3 aromatic rings. The van der Waals surface area contributed by atoms with Crippen LogP contribution in [0.5, 0.6) is 0 Å². The molecular weight excluding hydrogens is 322 g/mol. The summed E-state index contributed by atoms with van der Waals surface area (Å²) in [5.74, 6) is 0.212. The first-order chi connectivity index (χ1) is 12.6. The van der Waals surface area contributed by atoms with Crippen molar-refractivity contribution in [3.63, 3.8) is 0 Å². The highest BCUT2D eigenvalue weighted by molar-refractivity contribution is 6.10. The van der Waals surface area contributed by atoms with Gasteiger partial charge < -0.3 is 9.88 Å². The standard InChI is InChI=1S/C22H25N3O/c1-16-7-3-6-10-20(16)25-13-11-24(12-14-25)15-21(26)22-17(2)23-19-9-5-4-8-18(19)22/h3-10,23H,11-15H2,1-2H3. The molecular formula is C22H25N3O. The monoisotopic (exact) mass is 347 g/mol. The molecule has 2 heterocycles. The normalized spacial score (nSPS) is 15.5. The van der Waals surface area contributed by atoms with Gasteiger partial charge in [0.05, 0.1) is 6.54 Å². The molecule has 1 aromatic heterocycles. The minimum atomic E-state index is 0.212. The molecule has 0 atom stereocenters. The fraction of sp³-hybridized carbons (Fsp3) is 0.318. The summed E-state index contributed by atoms with van der Waals surface area (Å²) in [6.45, 7) is 8.40. The Morgan fingerprint density at radius 3 is 2.42 bits per heavy atom. The number of carbonyl (C=O) groups excluding carboxylic acids is 1. The average Bonchev–Trinajstić information content (AvgIpc) is 2.99. The number of rotatable bonds is 4. The van der Waals surface area contributed by atoms with Gasteiger partial charge in [0.15, 0.2) is 5.78 Å². The van der Waals surface area contributed by atoms with Crippen LogP contribution in [0.4, 0.5) is 5.69 Å². The van der Waals surface area contributed by atoms with Crippen LogP contribution in [0.25, 0.3) is 10.9 Å². The van der Waals surface area contributed by atoms with E-state index in [0.717, 1.165) is 48.3 Å². The van der Waals surface area contributed by atoms with Crippen LogP contribution in [0.3, 0.4) is 0 Å². The second-order valence-electron chi connectivity index (χ2n) is 7.14. The number of hydrogen-bond donors (Lipinski definition) is 1. The molecule has 134 valence electrons. The lowest BCUT2D eigenvalue weighted by atomic mass is 10.1. The van der Waals surface area contributed by atoms with Gasteiger partial charge in [-0.1, -0.05) is 36.4 Å². The highest BCUT2D eigenvalue weighted by Gasteiger charge is 2.22. The van der Waals surface area contributed by atoms with E-state index in [0.29, 0.717) is 6.54 Å². The van der Waals surface area contributed by atoms with E-state index in [9.17, 15) is 4.79 Å². The van der Waals surface area contributed by atoms with Crippen LogP contribution in [0, 0.1) is 13.8 Å². The van der Waals surface area contributed by atoms with Crippen molar-refractivity contribution in [2.45, 2.75) is 13.8 Å². The van der Waals surface area contributed by atoms with Crippen molar-refractivity contribution in [3.05, 3.63) is 65.4 Å². The molecule has 1 aliphatic rings. The van der Waals surface area contributed by atoms with Crippen molar-refractivity contribution in [2.75, 3.05) is 37.6 Å². The summed E-state index contributed by atoms with van der Waals surface area (Å²) in [5.41, 5.74) is 5.48. The summed E-state index contributed by atoms with van der Waals surface area (Å²) < 4.78 is 0. The molecule has 0 aliphatic carbocycles. The number of aromatic nitrogens is 1. The number of nitrogens with one attached hydrogen (secondary N) is 1. The number of aryl methyl sites for hydroxylation is 2. The Labute approximate surface area is 154 Å². The number of piperazine rings is 1. The van der Waals surface area contributed by atoms with Crippen LogP contribution in [0.2, 0.25) is 0 Å². The number of fused-ring (bicyclic) bond motifs is 1. The summed E-state index contributed by atoms with van der Waals surface area (Å²) in [6, 6.07) is 16.6. The predicted molar refractivity (Wildman–Crippen MR) is 107 cm³/mol. The van der Waals surface area contributed by atoms with Gasteiger partial charge in [-0.3, -0.25) is 9.69 Å². The number of carbonyl (C=O) groups is 1. The van der Waals surface area contributed by atoms with E-state index in [4.69, 9.17) is 0 Å². The van der Waals surface area contributed by atoms with Gasteiger partial charge in [0.1, 0.15) is 0 Å². The molecule has 0 amide bonds. The predicted octanol–water partition coefficient (Wildman–Crippen LogP) is 3.79. The molecule has 0 unspecified atom stereocenters. The van der Waals surface area contributed by atoms with E-state index in [1.54, 1.807) is 0 Å². The van der Waals surface area contributed by atoms with Crippen LogP contribution in [0.1, 0.15) is 21.6 Å². The number of para-hydroxylation sites is 2. The lowest BCUT2D eigenvalue weighted by Crippen LogP contribution is -2.48. The van der Waals surface area contributed by atoms with Crippen LogP contribution in [0.15, 0.2) is 48.5 Å². The number of ketones is 1. The summed E-state index contributed by atoms with van der Waals surface area (Å²) >= 11 is 0. The molecule has 0 bridgehead atoms. The molecule has 4 heteroatoms. The van der Waals surface area contributed by atoms with Crippen molar-refractivity contribution < 1.29 is 4.79 Å². The fourth-order valence-electron chi connectivity index (χ4n) is 3.98. The molecule has 4 rings (SSSR count). The smallest absolute Gasteiger partial charge is 0.179 e. The summed E-state index contributed by atoms with van der Waals surface area (Å²) in [5, 5.41) is 1.04. The van der Waals surface area contributed by atoms with Gasteiger partial charge >= 0.3 is 0 Å². The topological polar surface area (TPSA) is 39.3 Å². The first kappa shape index (κ1) is 16.9. The Bertz CT molecular complexity index is 935. The molecule has 4 nitrogen and oxygen atoms in total. The van der Waals surface area contributed by atoms with E-state index >= 15 is 0 Å². The number of hydrogen-bond acceptors (Lipinski definition) is 3. The van der Waals surface area contributed by atoms with Crippen molar-refractivity contribution in [3.8, 4) is 0 Å². The number of H-pyrrole nitrogens is 1. The lowest BCUT2D eigenvalue weighted by molar-refractivity contribution is 0.0927. The zero-order valence-electron chi connectivity index (χ0n) is 15.5. The maximum absolute atomic E-state index is 12.9. The van der Waals surface area contributed by atoms with Crippen LogP contribution < -0.4 is 4.90 Å². The SMILES string of the molecule is Cc1ccccc1N1CCN(CC(=O)c2c(C)[nH]c3ccccc23)CC1. The van der Waals surface area contributed by atoms with E-state index < -0.39 is 0 Å². The lowest BCUT2D eigenvalue weighted by Gasteiger charge is -2.36. The molecule has 0 spiro atoms. The minimum Gasteiger partial charge on any atom is -0.369 e. The Balaban J connectivity index is 1.43. The zero-order chi connectivity index (χ0) is 18.1. The molecule has 1 aliphatic heterocycles.